The number of halogens is 2. The fraction of sp³-hybridized carbons (Fsp3) is 0.450. The summed E-state index contributed by atoms with van der Waals surface area (Å²) in [4.78, 5) is 21.4. The van der Waals surface area contributed by atoms with Crippen molar-refractivity contribution < 1.29 is 4.79 Å². The minimum atomic E-state index is 0. The van der Waals surface area contributed by atoms with Crippen molar-refractivity contribution >= 4 is 53.1 Å². The topological polar surface area (TPSA) is 63.1 Å². The van der Waals surface area contributed by atoms with Crippen LogP contribution in [-0.4, -0.2) is 50.7 Å². The second kappa shape index (κ2) is 9.43. The third-order valence-corrected chi connectivity index (χ3v) is 6.25. The molecule has 1 saturated heterocycles. The maximum atomic E-state index is 13.5. The van der Waals surface area contributed by atoms with Crippen LogP contribution >= 0.6 is 36.2 Å². The van der Waals surface area contributed by atoms with Crippen molar-refractivity contribution in [1.82, 2.24) is 25.0 Å². The fourth-order valence-corrected chi connectivity index (χ4v) is 4.31. The van der Waals surface area contributed by atoms with Crippen LogP contribution in [0.5, 0.6) is 0 Å². The minimum absolute atomic E-state index is 0. The number of piperazine rings is 1. The predicted octanol–water partition coefficient (Wildman–Crippen LogP) is 4.41. The quantitative estimate of drug-likeness (QED) is 0.635. The molecule has 1 amide bonds. The standard InChI is InChI=1S/C20H25N5OS.2ClH/c1-12(2)25-19-16(11-22-25)15(10-17(23-19)18-6-5-9-27-18)20(26)24-8-7-21-13(3)14(24)4;;/h5-6,9-14,21H,7-8H2,1-4H3;2*1H. The Balaban J connectivity index is 0.00000150. The Kier molecular flexibility index (Phi) is 7.67. The molecule has 0 radical (unpaired) electrons. The molecule has 2 atom stereocenters. The number of amides is 1. The number of fused-ring (bicyclic) bond motifs is 1. The summed E-state index contributed by atoms with van der Waals surface area (Å²) >= 11 is 1.63. The van der Waals surface area contributed by atoms with E-state index in [2.05, 4.69) is 38.1 Å². The summed E-state index contributed by atoms with van der Waals surface area (Å²) in [6.45, 7) is 9.90. The van der Waals surface area contributed by atoms with Gasteiger partial charge in [-0.05, 0) is 45.2 Å². The molecule has 0 saturated carbocycles. The molecule has 4 heterocycles. The van der Waals surface area contributed by atoms with E-state index in [1.807, 2.05) is 33.2 Å². The molecule has 4 rings (SSSR count). The number of thiophene rings is 1. The van der Waals surface area contributed by atoms with Crippen LogP contribution < -0.4 is 5.32 Å². The number of nitrogens with zero attached hydrogens (tertiary/aromatic N) is 4. The fourth-order valence-electron chi connectivity index (χ4n) is 3.62. The maximum Gasteiger partial charge on any atom is 0.255 e. The van der Waals surface area contributed by atoms with Gasteiger partial charge in [-0.15, -0.1) is 36.2 Å². The molecule has 0 aliphatic carbocycles. The Bertz CT molecular complexity index is 973. The van der Waals surface area contributed by atoms with E-state index >= 15 is 0 Å². The zero-order chi connectivity index (χ0) is 19.1. The number of pyridine rings is 1. The van der Waals surface area contributed by atoms with Gasteiger partial charge in [-0.1, -0.05) is 6.07 Å². The first-order valence-electron chi connectivity index (χ1n) is 9.44. The highest BCUT2D eigenvalue weighted by Crippen LogP contribution is 2.30. The molecule has 9 heteroatoms. The van der Waals surface area contributed by atoms with Crippen LogP contribution in [0.3, 0.4) is 0 Å². The predicted molar refractivity (Wildman–Crippen MR) is 124 cm³/mol. The van der Waals surface area contributed by atoms with Crippen molar-refractivity contribution in [3.05, 3.63) is 35.3 Å². The normalized spacial score (nSPS) is 19.1. The molecule has 0 spiro atoms. The Labute approximate surface area is 187 Å². The largest absolute Gasteiger partial charge is 0.333 e. The van der Waals surface area contributed by atoms with Gasteiger partial charge in [-0.2, -0.15) is 5.10 Å². The van der Waals surface area contributed by atoms with Gasteiger partial charge in [0.15, 0.2) is 5.65 Å². The van der Waals surface area contributed by atoms with Gasteiger partial charge in [0.25, 0.3) is 5.91 Å². The molecule has 158 valence electrons. The molecule has 0 bridgehead atoms. The SMILES string of the molecule is CC1NCCN(C(=O)c2cc(-c3cccs3)nc3c2cnn3C(C)C)C1C.Cl.Cl. The molecule has 1 aliphatic heterocycles. The molecule has 3 aromatic rings. The Hall–Kier alpha value is -1.67. The average Bonchev–Trinajstić information content (AvgIpc) is 3.32. The van der Waals surface area contributed by atoms with E-state index in [9.17, 15) is 4.79 Å². The lowest BCUT2D eigenvalue weighted by Gasteiger charge is -2.38. The molecule has 3 aromatic heterocycles. The Morgan fingerprint density at radius 2 is 2.07 bits per heavy atom. The van der Waals surface area contributed by atoms with Crippen molar-refractivity contribution in [1.29, 1.82) is 0 Å². The summed E-state index contributed by atoms with van der Waals surface area (Å²) in [6.07, 6.45) is 1.78. The molecular weight excluding hydrogens is 429 g/mol. The second-order valence-electron chi connectivity index (χ2n) is 7.43. The van der Waals surface area contributed by atoms with Crippen LogP contribution in [0.25, 0.3) is 21.6 Å². The first kappa shape index (κ1) is 23.6. The molecule has 2 unspecified atom stereocenters. The first-order chi connectivity index (χ1) is 13.0. The lowest BCUT2D eigenvalue weighted by molar-refractivity contribution is 0.0605. The lowest BCUT2D eigenvalue weighted by Crippen LogP contribution is -2.57. The minimum Gasteiger partial charge on any atom is -0.333 e. The van der Waals surface area contributed by atoms with Gasteiger partial charge >= 0.3 is 0 Å². The smallest absolute Gasteiger partial charge is 0.255 e. The zero-order valence-electron chi connectivity index (χ0n) is 17.0. The number of nitrogens with one attached hydrogen (secondary N) is 1. The summed E-state index contributed by atoms with van der Waals surface area (Å²) in [6, 6.07) is 6.57. The summed E-state index contributed by atoms with van der Waals surface area (Å²) in [7, 11) is 0. The molecule has 1 fully saturated rings. The van der Waals surface area contributed by atoms with E-state index in [1.165, 1.54) is 0 Å². The summed E-state index contributed by atoms with van der Waals surface area (Å²) in [5.41, 5.74) is 2.30. The van der Waals surface area contributed by atoms with Gasteiger partial charge < -0.3 is 10.2 Å². The van der Waals surface area contributed by atoms with Crippen molar-refractivity contribution in [2.24, 2.45) is 0 Å². The van der Waals surface area contributed by atoms with Crippen molar-refractivity contribution in [3.63, 3.8) is 0 Å². The molecule has 6 nitrogen and oxygen atoms in total. The van der Waals surface area contributed by atoms with Crippen LogP contribution in [0, 0.1) is 0 Å². The molecule has 1 aliphatic rings. The van der Waals surface area contributed by atoms with E-state index in [0.717, 1.165) is 28.1 Å². The number of carbonyl (C=O) groups excluding carboxylic acids is 1. The van der Waals surface area contributed by atoms with Crippen LogP contribution in [-0.2, 0) is 0 Å². The lowest BCUT2D eigenvalue weighted by atomic mass is 10.0. The van der Waals surface area contributed by atoms with E-state index in [0.29, 0.717) is 12.1 Å². The monoisotopic (exact) mass is 455 g/mol. The van der Waals surface area contributed by atoms with Crippen molar-refractivity contribution in [2.75, 3.05) is 13.1 Å². The molecule has 29 heavy (non-hydrogen) atoms. The van der Waals surface area contributed by atoms with E-state index in [1.54, 1.807) is 17.5 Å². The van der Waals surface area contributed by atoms with Gasteiger partial charge in [0.2, 0.25) is 0 Å². The van der Waals surface area contributed by atoms with Crippen molar-refractivity contribution in [3.8, 4) is 10.6 Å². The van der Waals surface area contributed by atoms with Gasteiger partial charge in [0.05, 0.1) is 27.7 Å². The van der Waals surface area contributed by atoms with Crippen LogP contribution in [0.15, 0.2) is 29.8 Å². The highest BCUT2D eigenvalue weighted by atomic mass is 35.5. The number of aromatic nitrogens is 3. The van der Waals surface area contributed by atoms with Crippen molar-refractivity contribution in [2.45, 2.75) is 45.8 Å². The van der Waals surface area contributed by atoms with E-state index in [4.69, 9.17) is 4.98 Å². The molecular formula is C20H27Cl2N5OS. The van der Waals surface area contributed by atoms with Gasteiger partial charge in [-0.25, -0.2) is 9.67 Å². The summed E-state index contributed by atoms with van der Waals surface area (Å²) in [5.74, 6) is 0.0596. The molecule has 0 aromatic carbocycles. The molecule has 1 N–H and O–H groups in total. The Morgan fingerprint density at radius 3 is 2.72 bits per heavy atom. The highest BCUT2D eigenvalue weighted by Gasteiger charge is 2.30. The summed E-state index contributed by atoms with van der Waals surface area (Å²) in [5, 5.41) is 10.8. The van der Waals surface area contributed by atoms with Crippen LogP contribution in [0.2, 0.25) is 0 Å². The number of carbonyl (C=O) groups is 1. The third kappa shape index (κ3) is 4.28. The average molecular weight is 456 g/mol. The zero-order valence-corrected chi connectivity index (χ0v) is 19.4. The van der Waals surface area contributed by atoms with E-state index in [-0.39, 0.29) is 48.8 Å². The second-order valence-corrected chi connectivity index (χ2v) is 8.38. The van der Waals surface area contributed by atoms with Gasteiger partial charge in [0.1, 0.15) is 0 Å². The van der Waals surface area contributed by atoms with E-state index < -0.39 is 0 Å². The van der Waals surface area contributed by atoms with Crippen LogP contribution in [0.4, 0.5) is 0 Å². The Morgan fingerprint density at radius 1 is 1.31 bits per heavy atom. The summed E-state index contributed by atoms with van der Waals surface area (Å²) < 4.78 is 1.90. The van der Waals surface area contributed by atoms with Gasteiger partial charge in [-0.3, -0.25) is 4.79 Å². The first-order valence-corrected chi connectivity index (χ1v) is 10.3. The highest BCUT2D eigenvalue weighted by molar-refractivity contribution is 7.13. The van der Waals surface area contributed by atoms with Gasteiger partial charge in [0, 0.05) is 31.2 Å². The number of rotatable bonds is 3. The number of hydrogen-bond donors (Lipinski definition) is 1. The maximum absolute atomic E-state index is 13.5. The third-order valence-electron chi connectivity index (χ3n) is 5.36. The number of hydrogen-bond acceptors (Lipinski definition) is 5. The van der Waals surface area contributed by atoms with Crippen LogP contribution in [0.1, 0.15) is 44.1 Å².